The number of hydrazone groups is 1. The number of rotatable bonds is 3. The Hall–Kier alpha value is -3.10. The molecule has 1 saturated heterocycles. The van der Waals surface area contributed by atoms with E-state index in [1.54, 1.807) is 12.1 Å². The largest absolute Gasteiger partial charge is 0.464 e. The molecule has 2 heterocycles. The van der Waals surface area contributed by atoms with E-state index >= 15 is 0 Å². The van der Waals surface area contributed by atoms with Gasteiger partial charge in [0.1, 0.15) is 0 Å². The molecule has 2 aliphatic rings. The van der Waals surface area contributed by atoms with Gasteiger partial charge in [-0.25, -0.2) is 9.69 Å². The van der Waals surface area contributed by atoms with Crippen LogP contribution in [0.4, 0.5) is 5.69 Å². The van der Waals surface area contributed by atoms with Gasteiger partial charge in [-0.3, -0.25) is 9.59 Å². The van der Waals surface area contributed by atoms with Gasteiger partial charge in [0.2, 0.25) is 5.91 Å². The summed E-state index contributed by atoms with van der Waals surface area (Å²) in [6, 6.07) is 5.33. The molecule has 130 valence electrons. The molecule has 1 spiro atoms. The predicted molar refractivity (Wildman–Crippen MR) is 87.5 cm³/mol. The Balaban J connectivity index is 2.01. The van der Waals surface area contributed by atoms with E-state index in [1.165, 1.54) is 0 Å². The Labute approximate surface area is 143 Å². The van der Waals surface area contributed by atoms with Crippen LogP contribution in [0.5, 0.6) is 0 Å². The summed E-state index contributed by atoms with van der Waals surface area (Å²) in [5.74, 6) is -1.88. The first-order valence-electron chi connectivity index (χ1n) is 7.57. The Morgan fingerprint density at radius 2 is 1.84 bits per heavy atom. The highest BCUT2D eigenvalue weighted by Crippen LogP contribution is 2.41. The molecule has 2 amide bonds. The lowest BCUT2D eigenvalue weighted by atomic mass is 9.92. The van der Waals surface area contributed by atoms with Crippen molar-refractivity contribution in [2.75, 3.05) is 12.0 Å². The molecule has 25 heavy (non-hydrogen) atoms. The number of nitrogens with zero attached hydrogens (tertiary/aromatic N) is 4. The van der Waals surface area contributed by atoms with E-state index in [-0.39, 0.29) is 18.6 Å². The molecule has 1 fully saturated rings. The van der Waals surface area contributed by atoms with Crippen LogP contribution in [0.2, 0.25) is 0 Å². The number of carbonyl (C=O) groups is 3. The average Bonchev–Trinajstić information content (AvgIpc) is 3.04. The number of hydrogen-bond donors (Lipinski definition) is 0. The van der Waals surface area contributed by atoms with Crippen LogP contribution in [-0.4, -0.2) is 41.3 Å². The van der Waals surface area contributed by atoms with Crippen LogP contribution in [-0.2, 0) is 19.1 Å². The fourth-order valence-electron chi connectivity index (χ4n) is 3.28. The van der Waals surface area contributed by atoms with Crippen molar-refractivity contribution in [3.8, 4) is 0 Å². The summed E-state index contributed by atoms with van der Waals surface area (Å²) < 4.78 is 4.58. The molecule has 1 atom stereocenters. The maximum absolute atomic E-state index is 13.0. The van der Waals surface area contributed by atoms with Crippen molar-refractivity contribution in [2.24, 2.45) is 10.4 Å². The summed E-state index contributed by atoms with van der Waals surface area (Å²) in [4.78, 5) is 49.5. The van der Waals surface area contributed by atoms with Gasteiger partial charge in [0.05, 0.1) is 24.5 Å². The average molecular weight is 344 g/mol. The minimum atomic E-state index is -1.61. The van der Waals surface area contributed by atoms with Gasteiger partial charge in [0.25, 0.3) is 5.91 Å². The number of ether oxygens (including phenoxy) is 1. The van der Waals surface area contributed by atoms with Crippen molar-refractivity contribution in [1.82, 2.24) is 5.12 Å². The molecule has 0 unspecified atom stereocenters. The topological polar surface area (TPSA) is 109 Å². The number of methoxy groups -OCH3 is 1. The second-order valence-corrected chi connectivity index (χ2v) is 6.17. The molecule has 0 N–H and O–H groups in total. The summed E-state index contributed by atoms with van der Waals surface area (Å²) >= 11 is 0. The second-order valence-electron chi connectivity index (χ2n) is 6.17. The second kappa shape index (κ2) is 5.76. The Morgan fingerprint density at radius 3 is 2.40 bits per heavy atom. The van der Waals surface area contributed by atoms with E-state index < -0.39 is 23.3 Å². The van der Waals surface area contributed by atoms with Crippen LogP contribution < -0.4 is 4.90 Å². The first-order chi connectivity index (χ1) is 11.8. The lowest BCUT2D eigenvalue weighted by molar-refractivity contribution is -0.132. The molecule has 0 saturated carbocycles. The summed E-state index contributed by atoms with van der Waals surface area (Å²) in [5, 5.41) is 7.10. The highest BCUT2D eigenvalue weighted by Gasteiger charge is 2.61. The monoisotopic (exact) mass is 344 g/mol. The van der Waals surface area contributed by atoms with E-state index in [0.717, 1.165) is 23.1 Å². The maximum atomic E-state index is 13.0. The molecule has 1 aromatic carbocycles. The van der Waals surface area contributed by atoms with Crippen LogP contribution >= 0.6 is 0 Å². The Morgan fingerprint density at radius 1 is 1.20 bits per heavy atom. The van der Waals surface area contributed by atoms with E-state index in [9.17, 15) is 19.3 Å². The van der Waals surface area contributed by atoms with Gasteiger partial charge in [-0.15, -0.1) is 15.1 Å². The molecular weight excluding hydrogens is 328 g/mol. The van der Waals surface area contributed by atoms with Crippen molar-refractivity contribution < 1.29 is 19.1 Å². The van der Waals surface area contributed by atoms with Gasteiger partial charge in [-0.2, -0.15) is 0 Å². The van der Waals surface area contributed by atoms with E-state index in [4.69, 9.17) is 0 Å². The molecule has 9 nitrogen and oxygen atoms in total. The van der Waals surface area contributed by atoms with Crippen LogP contribution in [0.25, 0.3) is 0 Å². The molecule has 0 radical (unpaired) electrons. The number of aryl methyl sites for hydroxylation is 2. The highest BCUT2D eigenvalue weighted by molar-refractivity contribution is 6.39. The third kappa shape index (κ3) is 2.48. The summed E-state index contributed by atoms with van der Waals surface area (Å²) in [5.41, 5.74) is 0.465. The summed E-state index contributed by atoms with van der Waals surface area (Å²) in [7, 11) is 1.16. The number of anilines is 1. The zero-order chi connectivity index (χ0) is 18.4. The number of hydrogen-bond acceptors (Lipinski definition) is 7. The highest BCUT2D eigenvalue weighted by atomic mass is 16.5. The lowest BCUT2D eigenvalue weighted by Gasteiger charge is -2.25. The summed E-state index contributed by atoms with van der Waals surface area (Å²) in [6.45, 7) is 3.70. The number of nitroso groups, excluding NO2 is 1. The molecule has 2 aliphatic heterocycles. The molecular formula is C16H16N4O5. The van der Waals surface area contributed by atoms with Gasteiger partial charge < -0.3 is 4.74 Å². The minimum Gasteiger partial charge on any atom is -0.464 e. The number of benzene rings is 1. The maximum Gasteiger partial charge on any atom is 0.354 e. The van der Waals surface area contributed by atoms with Crippen LogP contribution in [0.3, 0.4) is 0 Å². The SMILES string of the molecule is COC(=O)C1=NN(N=O)[C@@]2(CC(=O)N(c3cc(C)cc(C)c3)C2=O)C1. The van der Waals surface area contributed by atoms with Gasteiger partial charge in [-0.05, 0) is 37.1 Å². The zero-order valence-corrected chi connectivity index (χ0v) is 14.0. The Bertz CT molecular complexity index is 814. The first kappa shape index (κ1) is 16.7. The van der Waals surface area contributed by atoms with Crippen LogP contribution in [0.1, 0.15) is 24.0 Å². The van der Waals surface area contributed by atoms with Crippen molar-refractivity contribution in [1.29, 1.82) is 0 Å². The van der Waals surface area contributed by atoms with E-state index in [0.29, 0.717) is 10.8 Å². The van der Waals surface area contributed by atoms with Gasteiger partial charge in [0, 0.05) is 6.42 Å². The molecule has 3 rings (SSSR count). The van der Waals surface area contributed by atoms with E-state index in [2.05, 4.69) is 15.1 Å². The molecule has 0 bridgehead atoms. The normalized spacial score (nSPS) is 22.6. The van der Waals surface area contributed by atoms with Gasteiger partial charge in [0.15, 0.2) is 11.3 Å². The third-order valence-electron chi connectivity index (χ3n) is 4.32. The van der Waals surface area contributed by atoms with Crippen molar-refractivity contribution in [3.05, 3.63) is 34.2 Å². The van der Waals surface area contributed by atoms with Gasteiger partial charge >= 0.3 is 5.97 Å². The zero-order valence-electron chi connectivity index (χ0n) is 14.0. The van der Waals surface area contributed by atoms with Crippen molar-refractivity contribution >= 4 is 29.2 Å². The number of esters is 1. The molecule has 0 aliphatic carbocycles. The quantitative estimate of drug-likeness (QED) is 0.463. The fraction of sp³-hybridized carbons (Fsp3) is 0.375. The summed E-state index contributed by atoms with van der Waals surface area (Å²) in [6.07, 6.45) is -0.508. The smallest absolute Gasteiger partial charge is 0.354 e. The first-order valence-corrected chi connectivity index (χ1v) is 7.57. The third-order valence-corrected chi connectivity index (χ3v) is 4.32. The van der Waals surface area contributed by atoms with Crippen molar-refractivity contribution in [2.45, 2.75) is 32.2 Å². The fourth-order valence-corrected chi connectivity index (χ4v) is 3.28. The molecule has 1 aromatic rings. The van der Waals surface area contributed by atoms with Crippen molar-refractivity contribution in [3.63, 3.8) is 0 Å². The number of imide groups is 1. The number of amides is 2. The predicted octanol–water partition coefficient (Wildman–Crippen LogP) is 1.22. The minimum absolute atomic E-state index is 0.120. The molecule has 0 aromatic heterocycles. The van der Waals surface area contributed by atoms with Crippen LogP contribution in [0.15, 0.2) is 28.6 Å². The standard InChI is InChI=1S/C16H16N4O5/c1-9-4-10(2)6-11(5-9)19-13(21)8-16(15(19)23)7-12(14(22)25-3)17-20(16)18-24/h4-6H,7-8H2,1-3H3/t16-/m1/s1. The van der Waals surface area contributed by atoms with Crippen LogP contribution in [0, 0.1) is 18.8 Å². The van der Waals surface area contributed by atoms with Gasteiger partial charge in [-0.1, -0.05) is 6.07 Å². The molecule has 9 heteroatoms. The van der Waals surface area contributed by atoms with E-state index in [1.807, 2.05) is 19.9 Å². The number of carbonyl (C=O) groups excluding carboxylic acids is 3. The lowest BCUT2D eigenvalue weighted by Crippen LogP contribution is -2.48. The Kier molecular flexibility index (Phi) is 3.86.